The Morgan fingerprint density at radius 2 is 0.881 bits per heavy atom. The second kappa shape index (κ2) is 12.8. The van der Waals surface area contributed by atoms with E-state index in [-0.39, 0.29) is 5.69 Å². The van der Waals surface area contributed by atoms with Gasteiger partial charge in [0.15, 0.2) is 0 Å². The zero-order valence-electron chi connectivity index (χ0n) is 31.2. The third kappa shape index (κ3) is 5.21. The highest BCUT2D eigenvalue weighted by Gasteiger charge is 2.30. The summed E-state index contributed by atoms with van der Waals surface area (Å²) in [5.41, 5.74) is 10.0. The van der Waals surface area contributed by atoms with Gasteiger partial charge < -0.3 is 23.7 Å². The van der Waals surface area contributed by atoms with Crippen molar-refractivity contribution in [3.05, 3.63) is 194 Å². The molecule has 7 heteroatoms. The van der Waals surface area contributed by atoms with Crippen molar-refractivity contribution >= 4 is 66.8 Å². The molecule has 2 aliphatic heterocycles. The SMILES string of the molecule is Fc1ccc(N(c2ccc3c(c2)Oc2ccc4c5c(ccc-3c25)Oc2cc(N(c3ccccc3)c3ccccc3)ccc2-4)c2ccc3oc4ccccc4c3c2)c(F)c1. The summed E-state index contributed by atoms with van der Waals surface area (Å²) in [6.45, 7) is 0. The van der Waals surface area contributed by atoms with Crippen molar-refractivity contribution in [3.8, 4) is 45.3 Å². The quantitative estimate of drug-likeness (QED) is 0.168. The molecule has 0 atom stereocenters. The van der Waals surface area contributed by atoms with Gasteiger partial charge in [-0.15, -0.1) is 0 Å². The average molecular weight is 769 g/mol. The van der Waals surface area contributed by atoms with Crippen LogP contribution in [0, 0.1) is 11.6 Å². The summed E-state index contributed by atoms with van der Waals surface area (Å²) < 4.78 is 49.6. The van der Waals surface area contributed by atoms with E-state index in [4.69, 9.17) is 13.9 Å². The Balaban J connectivity index is 0.964. The van der Waals surface area contributed by atoms with E-state index in [1.807, 2.05) is 109 Å². The lowest BCUT2D eigenvalue weighted by Crippen LogP contribution is -2.12. The summed E-state index contributed by atoms with van der Waals surface area (Å²) in [6, 6.07) is 58.3. The maximum absolute atomic E-state index is 15.8. The molecular formula is C52H30F2N2O3. The summed E-state index contributed by atoms with van der Waals surface area (Å²) in [7, 11) is 0. The lowest BCUT2D eigenvalue weighted by atomic mass is 9.88. The van der Waals surface area contributed by atoms with Crippen LogP contribution in [0.1, 0.15) is 0 Å². The Hall–Kier alpha value is -7.90. The number of rotatable bonds is 6. The van der Waals surface area contributed by atoms with Gasteiger partial charge in [0, 0.05) is 79.3 Å². The van der Waals surface area contributed by atoms with E-state index in [0.29, 0.717) is 28.5 Å². The first-order valence-corrected chi connectivity index (χ1v) is 19.4. The van der Waals surface area contributed by atoms with Crippen LogP contribution in [-0.2, 0) is 0 Å². The highest BCUT2D eigenvalue weighted by Crippen LogP contribution is 2.56. The molecule has 0 unspecified atom stereocenters. The number of nitrogens with zero attached hydrogens (tertiary/aromatic N) is 2. The number of benzene rings is 9. The van der Waals surface area contributed by atoms with E-state index < -0.39 is 11.6 Å². The number of hydrogen-bond donors (Lipinski definition) is 0. The van der Waals surface area contributed by atoms with Gasteiger partial charge in [-0.25, -0.2) is 8.78 Å². The molecule has 10 aromatic rings. The van der Waals surface area contributed by atoms with E-state index >= 15 is 4.39 Å². The van der Waals surface area contributed by atoms with Crippen LogP contribution in [0.3, 0.4) is 0 Å². The molecule has 0 bridgehead atoms. The van der Waals surface area contributed by atoms with E-state index in [0.717, 1.165) is 84.0 Å². The van der Waals surface area contributed by atoms with Gasteiger partial charge in [-0.1, -0.05) is 54.6 Å². The predicted octanol–water partition coefficient (Wildman–Crippen LogP) is 15.5. The summed E-state index contributed by atoms with van der Waals surface area (Å²) in [5, 5.41) is 3.78. The topological polar surface area (TPSA) is 38.1 Å². The smallest absolute Gasteiger partial charge is 0.150 e. The summed E-state index contributed by atoms with van der Waals surface area (Å²) in [5.74, 6) is 1.49. The van der Waals surface area contributed by atoms with Crippen molar-refractivity contribution < 1.29 is 22.7 Å². The number of halogens is 2. The normalized spacial score (nSPS) is 12.2. The first-order chi connectivity index (χ1) is 29.1. The van der Waals surface area contributed by atoms with E-state index in [9.17, 15) is 4.39 Å². The van der Waals surface area contributed by atoms with Gasteiger partial charge in [0.05, 0.1) is 5.69 Å². The van der Waals surface area contributed by atoms with Crippen LogP contribution < -0.4 is 19.3 Å². The van der Waals surface area contributed by atoms with Gasteiger partial charge in [0.1, 0.15) is 45.8 Å². The first-order valence-electron chi connectivity index (χ1n) is 19.4. The van der Waals surface area contributed by atoms with Gasteiger partial charge in [-0.3, -0.25) is 0 Å². The molecule has 0 saturated heterocycles. The lowest BCUT2D eigenvalue weighted by molar-refractivity contribution is 0.480. The van der Waals surface area contributed by atoms with E-state index in [1.54, 1.807) is 4.90 Å². The largest absolute Gasteiger partial charge is 0.456 e. The number of para-hydroxylation sites is 3. The molecule has 9 aromatic carbocycles. The number of furan rings is 1. The Kier molecular flexibility index (Phi) is 7.22. The highest BCUT2D eigenvalue weighted by atomic mass is 19.1. The Morgan fingerprint density at radius 3 is 1.51 bits per heavy atom. The average Bonchev–Trinajstić information content (AvgIpc) is 3.65. The molecule has 0 saturated carbocycles. The number of anilines is 6. The molecule has 0 spiro atoms. The van der Waals surface area contributed by atoms with Crippen LogP contribution >= 0.6 is 0 Å². The fourth-order valence-electron chi connectivity index (χ4n) is 8.75. The Morgan fingerprint density at radius 1 is 0.356 bits per heavy atom. The van der Waals surface area contributed by atoms with E-state index in [2.05, 4.69) is 59.5 Å². The van der Waals surface area contributed by atoms with Crippen molar-refractivity contribution in [1.82, 2.24) is 0 Å². The summed E-state index contributed by atoms with van der Waals surface area (Å²) in [6.07, 6.45) is 0. The second-order valence-corrected chi connectivity index (χ2v) is 14.8. The molecule has 2 aliphatic rings. The van der Waals surface area contributed by atoms with Crippen LogP contribution in [0.25, 0.3) is 55.0 Å². The zero-order chi connectivity index (χ0) is 39.2. The van der Waals surface area contributed by atoms with Crippen molar-refractivity contribution in [3.63, 3.8) is 0 Å². The molecule has 59 heavy (non-hydrogen) atoms. The second-order valence-electron chi connectivity index (χ2n) is 14.8. The number of ether oxygens (including phenoxy) is 2. The van der Waals surface area contributed by atoms with Crippen LogP contribution in [0.4, 0.5) is 42.9 Å². The molecule has 1 aromatic heterocycles. The standard InChI is InChI=1S/C52H30F2N2O3/c53-31-15-23-44(43(54)27-31)56(34-18-24-46-42(28-34)37-13-7-8-14-45(37)57-46)36-17-20-39-41-22-25-47-51-40(21-26-48(52(41)51)59-50(39)30-36)38-19-16-35(29-49(38)58-47)55(32-9-3-1-4-10-32)33-11-5-2-6-12-33/h1-30H. The Bertz CT molecular complexity index is 3290. The molecule has 3 heterocycles. The van der Waals surface area contributed by atoms with Crippen molar-refractivity contribution in [1.29, 1.82) is 0 Å². The monoisotopic (exact) mass is 768 g/mol. The number of fused-ring (bicyclic) bond motifs is 7. The molecule has 280 valence electrons. The molecule has 0 amide bonds. The van der Waals surface area contributed by atoms with Crippen LogP contribution in [0.15, 0.2) is 186 Å². The maximum Gasteiger partial charge on any atom is 0.150 e. The minimum Gasteiger partial charge on any atom is -0.456 e. The summed E-state index contributed by atoms with van der Waals surface area (Å²) in [4.78, 5) is 4.01. The predicted molar refractivity (Wildman–Crippen MR) is 232 cm³/mol. The highest BCUT2D eigenvalue weighted by molar-refractivity contribution is 6.14. The first kappa shape index (κ1) is 33.3. The molecule has 12 rings (SSSR count). The lowest BCUT2D eigenvalue weighted by Gasteiger charge is -2.30. The van der Waals surface area contributed by atoms with Gasteiger partial charge in [-0.2, -0.15) is 0 Å². The van der Waals surface area contributed by atoms with Crippen molar-refractivity contribution in [2.75, 3.05) is 9.80 Å². The minimum absolute atomic E-state index is 0.197. The van der Waals surface area contributed by atoms with Gasteiger partial charge in [0.25, 0.3) is 0 Å². The van der Waals surface area contributed by atoms with Gasteiger partial charge >= 0.3 is 0 Å². The van der Waals surface area contributed by atoms with Crippen molar-refractivity contribution in [2.45, 2.75) is 0 Å². The summed E-state index contributed by atoms with van der Waals surface area (Å²) >= 11 is 0. The third-order valence-electron chi connectivity index (χ3n) is 11.3. The van der Waals surface area contributed by atoms with Crippen LogP contribution in [0.2, 0.25) is 0 Å². The minimum atomic E-state index is -0.689. The van der Waals surface area contributed by atoms with Gasteiger partial charge in [0.2, 0.25) is 0 Å². The maximum atomic E-state index is 15.8. The fourth-order valence-corrected chi connectivity index (χ4v) is 8.75. The zero-order valence-corrected chi connectivity index (χ0v) is 31.2. The van der Waals surface area contributed by atoms with E-state index in [1.165, 1.54) is 12.1 Å². The van der Waals surface area contributed by atoms with Gasteiger partial charge in [-0.05, 0) is 120 Å². The molecule has 0 N–H and O–H groups in total. The molecular weight excluding hydrogens is 739 g/mol. The van der Waals surface area contributed by atoms with Crippen LogP contribution in [0.5, 0.6) is 23.0 Å². The molecule has 5 nitrogen and oxygen atoms in total. The number of hydrogen-bond acceptors (Lipinski definition) is 5. The third-order valence-corrected chi connectivity index (χ3v) is 11.3. The molecule has 0 fully saturated rings. The molecule has 0 aliphatic carbocycles. The fraction of sp³-hybridized carbons (Fsp3) is 0. The molecule has 0 radical (unpaired) electrons. The van der Waals surface area contributed by atoms with Crippen molar-refractivity contribution in [2.24, 2.45) is 0 Å². The Labute approximate surface area is 337 Å². The van der Waals surface area contributed by atoms with Crippen LogP contribution in [-0.4, -0.2) is 0 Å².